The van der Waals surface area contributed by atoms with Crippen LogP contribution in [0.3, 0.4) is 0 Å². The van der Waals surface area contributed by atoms with Crippen LogP contribution in [-0.4, -0.2) is 15.7 Å². The number of nitrogens with zero attached hydrogens (tertiary/aromatic N) is 2. The second-order valence-corrected chi connectivity index (χ2v) is 6.01. The molecule has 0 aliphatic heterocycles. The maximum absolute atomic E-state index is 12.9. The molecular weight excluding hydrogens is 269 g/mol. The number of aromatic nitrogens is 2. The summed E-state index contributed by atoms with van der Waals surface area (Å²) in [4.78, 5) is 4.42. The molecule has 1 aromatic heterocycles. The van der Waals surface area contributed by atoms with Crippen LogP contribution in [0.5, 0.6) is 0 Å². The summed E-state index contributed by atoms with van der Waals surface area (Å²) in [6.07, 6.45) is 6.83. The standard InChI is InChI=1S/C16H20FN3O/c17-13-6-4-12(5-7-13)10-14-19-15(21-20-14)11-16(18)8-2-1-3-9-16/h4-7H,1-3,8-11,18H2. The lowest BCUT2D eigenvalue weighted by Gasteiger charge is -2.31. The van der Waals surface area contributed by atoms with E-state index < -0.39 is 0 Å². The molecule has 1 fully saturated rings. The Labute approximate surface area is 123 Å². The minimum atomic E-state index is -0.241. The van der Waals surface area contributed by atoms with Crippen molar-refractivity contribution >= 4 is 0 Å². The van der Waals surface area contributed by atoms with E-state index >= 15 is 0 Å². The molecule has 5 heteroatoms. The molecule has 0 radical (unpaired) electrons. The van der Waals surface area contributed by atoms with Crippen LogP contribution in [0.15, 0.2) is 28.8 Å². The second-order valence-electron chi connectivity index (χ2n) is 6.01. The third kappa shape index (κ3) is 3.67. The maximum atomic E-state index is 12.9. The fraction of sp³-hybridized carbons (Fsp3) is 0.500. The number of nitrogens with two attached hydrogens (primary N) is 1. The van der Waals surface area contributed by atoms with E-state index in [-0.39, 0.29) is 11.4 Å². The first-order chi connectivity index (χ1) is 10.1. The average molecular weight is 289 g/mol. The summed E-state index contributed by atoms with van der Waals surface area (Å²) >= 11 is 0. The summed E-state index contributed by atoms with van der Waals surface area (Å²) in [7, 11) is 0. The van der Waals surface area contributed by atoms with Gasteiger partial charge in [-0.1, -0.05) is 36.6 Å². The van der Waals surface area contributed by atoms with E-state index in [2.05, 4.69) is 10.1 Å². The van der Waals surface area contributed by atoms with Gasteiger partial charge < -0.3 is 10.3 Å². The van der Waals surface area contributed by atoms with Crippen molar-refractivity contribution in [2.24, 2.45) is 5.73 Å². The molecule has 4 nitrogen and oxygen atoms in total. The van der Waals surface area contributed by atoms with Gasteiger partial charge in [-0.2, -0.15) is 4.98 Å². The van der Waals surface area contributed by atoms with Gasteiger partial charge in [-0.3, -0.25) is 0 Å². The summed E-state index contributed by atoms with van der Waals surface area (Å²) in [5.74, 6) is 0.988. The Morgan fingerprint density at radius 1 is 1.14 bits per heavy atom. The molecule has 1 aliphatic carbocycles. The largest absolute Gasteiger partial charge is 0.339 e. The molecule has 2 aromatic rings. The van der Waals surface area contributed by atoms with Gasteiger partial charge in [0.2, 0.25) is 5.89 Å². The van der Waals surface area contributed by atoms with Gasteiger partial charge in [0.25, 0.3) is 0 Å². The highest BCUT2D eigenvalue weighted by Gasteiger charge is 2.29. The topological polar surface area (TPSA) is 64.9 Å². The molecule has 2 N–H and O–H groups in total. The predicted molar refractivity (Wildman–Crippen MR) is 77.2 cm³/mol. The number of hydrogen-bond acceptors (Lipinski definition) is 4. The Balaban J connectivity index is 1.64. The fourth-order valence-corrected chi connectivity index (χ4v) is 2.95. The van der Waals surface area contributed by atoms with E-state index in [0.29, 0.717) is 24.6 Å². The smallest absolute Gasteiger partial charge is 0.228 e. The SMILES string of the molecule is NC1(Cc2nc(Cc3ccc(F)cc3)no2)CCCCC1. The van der Waals surface area contributed by atoms with Crippen molar-refractivity contribution in [1.29, 1.82) is 0 Å². The maximum Gasteiger partial charge on any atom is 0.228 e. The Morgan fingerprint density at radius 3 is 2.57 bits per heavy atom. The number of rotatable bonds is 4. The molecule has 0 bridgehead atoms. The quantitative estimate of drug-likeness (QED) is 0.939. The summed E-state index contributed by atoms with van der Waals surface area (Å²) in [5, 5.41) is 4.00. The Morgan fingerprint density at radius 2 is 1.86 bits per heavy atom. The van der Waals surface area contributed by atoms with Gasteiger partial charge in [0.1, 0.15) is 5.82 Å². The van der Waals surface area contributed by atoms with E-state index in [1.165, 1.54) is 31.4 Å². The molecule has 3 rings (SSSR count). The molecule has 1 heterocycles. The zero-order chi connectivity index (χ0) is 14.7. The van der Waals surface area contributed by atoms with Crippen molar-refractivity contribution in [2.45, 2.75) is 50.5 Å². The first kappa shape index (κ1) is 14.2. The van der Waals surface area contributed by atoms with Crippen LogP contribution in [0, 0.1) is 5.82 Å². The number of halogens is 1. The molecule has 1 aromatic carbocycles. The zero-order valence-corrected chi connectivity index (χ0v) is 12.0. The molecule has 0 atom stereocenters. The van der Waals surface area contributed by atoms with Gasteiger partial charge in [-0.25, -0.2) is 4.39 Å². The van der Waals surface area contributed by atoms with Gasteiger partial charge in [-0.15, -0.1) is 0 Å². The molecule has 0 amide bonds. The highest BCUT2D eigenvalue weighted by molar-refractivity contribution is 5.19. The summed E-state index contributed by atoms with van der Waals surface area (Å²) in [5.41, 5.74) is 7.17. The summed E-state index contributed by atoms with van der Waals surface area (Å²) in [6, 6.07) is 6.34. The predicted octanol–water partition coefficient (Wildman–Crippen LogP) is 3.00. The van der Waals surface area contributed by atoms with Gasteiger partial charge in [0, 0.05) is 18.4 Å². The van der Waals surface area contributed by atoms with Crippen LogP contribution < -0.4 is 5.73 Å². The molecule has 0 spiro atoms. The van der Waals surface area contributed by atoms with E-state index in [1.54, 1.807) is 12.1 Å². The minimum absolute atomic E-state index is 0.196. The third-order valence-electron chi connectivity index (χ3n) is 4.14. The van der Waals surface area contributed by atoms with Crippen LogP contribution in [0.2, 0.25) is 0 Å². The van der Waals surface area contributed by atoms with Gasteiger partial charge in [-0.05, 0) is 30.5 Å². The van der Waals surface area contributed by atoms with Crippen LogP contribution in [0.1, 0.15) is 49.4 Å². The summed E-state index contributed by atoms with van der Waals surface area (Å²) in [6.45, 7) is 0. The van der Waals surface area contributed by atoms with E-state index in [1.807, 2.05) is 0 Å². The molecule has 1 saturated carbocycles. The lowest BCUT2D eigenvalue weighted by Crippen LogP contribution is -2.43. The van der Waals surface area contributed by atoms with E-state index in [0.717, 1.165) is 18.4 Å². The van der Waals surface area contributed by atoms with Gasteiger partial charge in [0.05, 0.1) is 0 Å². The van der Waals surface area contributed by atoms with Crippen LogP contribution in [-0.2, 0) is 12.8 Å². The first-order valence-corrected chi connectivity index (χ1v) is 7.48. The Hall–Kier alpha value is -1.75. The Bertz CT molecular complexity index is 588. The molecule has 112 valence electrons. The van der Waals surface area contributed by atoms with Crippen molar-refractivity contribution in [3.63, 3.8) is 0 Å². The van der Waals surface area contributed by atoms with Gasteiger partial charge in [0.15, 0.2) is 5.82 Å². The van der Waals surface area contributed by atoms with Crippen molar-refractivity contribution in [3.05, 3.63) is 47.4 Å². The van der Waals surface area contributed by atoms with Crippen LogP contribution in [0.4, 0.5) is 4.39 Å². The van der Waals surface area contributed by atoms with Crippen molar-refractivity contribution in [3.8, 4) is 0 Å². The lowest BCUT2D eigenvalue weighted by atomic mass is 9.80. The minimum Gasteiger partial charge on any atom is -0.339 e. The van der Waals surface area contributed by atoms with Crippen molar-refractivity contribution in [1.82, 2.24) is 10.1 Å². The average Bonchev–Trinajstić information content (AvgIpc) is 2.88. The third-order valence-corrected chi connectivity index (χ3v) is 4.14. The second kappa shape index (κ2) is 5.93. The molecule has 1 aliphatic rings. The highest BCUT2D eigenvalue weighted by atomic mass is 19.1. The monoisotopic (exact) mass is 289 g/mol. The van der Waals surface area contributed by atoms with Crippen LogP contribution in [0.25, 0.3) is 0 Å². The van der Waals surface area contributed by atoms with Crippen molar-refractivity contribution in [2.75, 3.05) is 0 Å². The molecule has 0 unspecified atom stereocenters. The summed E-state index contributed by atoms with van der Waals surface area (Å²) < 4.78 is 18.2. The van der Waals surface area contributed by atoms with Gasteiger partial charge >= 0.3 is 0 Å². The molecular formula is C16H20FN3O. The Kier molecular flexibility index (Phi) is 4.01. The van der Waals surface area contributed by atoms with E-state index in [4.69, 9.17) is 10.3 Å². The highest BCUT2D eigenvalue weighted by Crippen LogP contribution is 2.28. The zero-order valence-electron chi connectivity index (χ0n) is 12.0. The first-order valence-electron chi connectivity index (χ1n) is 7.48. The number of hydrogen-bond donors (Lipinski definition) is 1. The van der Waals surface area contributed by atoms with Crippen LogP contribution >= 0.6 is 0 Å². The lowest BCUT2D eigenvalue weighted by molar-refractivity contribution is 0.260. The normalized spacial score (nSPS) is 17.8. The van der Waals surface area contributed by atoms with E-state index in [9.17, 15) is 4.39 Å². The fourth-order valence-electron chi connectivity index (χ4n) is 2.95. The molecule has 0 saturated heterocycles. The van der Waals surface area contributed by atoms with Crippen molar-refractivity contribution < 1.29 is 8.91 Å². The number of benzene rings is 1. The molecule has 21 heavy (non-hydrogen) atoms.